The molecule has 1 aromatic carbocycles. The molecule has 0 aromatic heterocycles. The predicted octanol–water partition coefficient (Wildman–Crippen LogP) is 2.35. The number of ether oxygens (including phenoxy) is 1. The molecule has 2 rings (SSSR count). The molecule has 0 radical (unpaired) electrons. The number of hydrogen-bond acceptors (Lipinski definition) is 3. The van der Waals surface area contributed by atoms with E-state index in [0.29, 0.717) is 5.56 Å². The van der Waals surface area contributed by atoms with E-state index in [4.69, 9.17) is 4.74 Å². The normalized spacial score (nSPS) is 14.6. The van der Waals surface area contributed by atoms with Crippen molar-refractivity contribution in [2.75, 3.05) is 25.6 Å². The molecule has 1 aromatic rings. The Kier molecular flexibility index (Phi) is 3.13. The molecule has 0 atom stereocenters. The number of carbonyl (C=O) groups is 1. The van der Waals surface area contributed by atoms with Crippen molar-refractivity contribution < 1.29 is 9.53 Å². The fraction of sp³-hybridized carbons (Fsp3) is 0.462. The first-order valence-electron chi connectivity index (χ1n) is 5.60. The van der Waals surface area contributed by atoms with E-state index in [9.17, 15) is 4.79 Å². The SMILES string of the molecule is CN(C)c1cc(OCC2CC2)ccc1C=O. The van der Waals surface area contributed by atoms with E-state index in [1.54, 1.807) is 0 Å². The van der Waals surface area contributed by atoms with E-state index in [-0.39, 0.29) is 0 Å². The van der Waals surface area contributed by atoms with Crippen molar-refractivity contribution in [3.63, 3.8) is 0 Å². The maximum atomic E-state index is 10.9. The molecule has 0 saturated heterocycles. The van der Waals surface area contributed by atoms with E-state index in [1.165, 1.54) is 12.8 Å². The molecule has 0 aliphatic heterocycles. The molecule has 3 heteroatoms. The quantitative estimate of drug-likeness (QED) is 0.712. The summed E-state index contributed by atoms with van der Waals surface area (Å²) in [6.07, 6.45) is 3.44. The lowest BCUT2D eigenvalue weighted by molar-refractivity contribution is 0.112. The molecule has 1 fully saturated rings. The Hall–Kier alpha value is -1.51. The largest absolute Gasteiger partial charge is 0.493 e. The molecule has 0 spiro atoms. The molecule has 0 bridgehead atoms. The van der Waals surface area contributed by atoms with Gasteiger partial charge < -0.3 is 9.64 Å². The van der Waals surface area contributed by atoms with E-state index in [2.05, 4.69) is 0 Å². The van der Waals surface area contributed by atoms with Gasteiger partial charge in [-0.2, -0.15) is 0 Å². The van der Waals surface area contributed by atoms with Crippen LogP contribution in [0.25, 0.3) is 0 Å². The summed E-state index contributed by atoms with van der Waals surface area (Å²) in [4.78, 5) is 12.8. The molecule has 3 nitrogen and oxygen atoms in total. The molecule has 1 aliphatic carbocycles. The number of hydrogen-bond donors (Lipinski definition) is 0. The van der Waals surface area contributed by atoms with Crippen LogP contribution in [0.15, 0.2) is 18.2 Å². The van der Waals surface area contributed by atoms with Crippen LogP contribution in [0.5, 0.6) is 5.75 Å². The van der Waals surface area contributed by atoms with Crippen molar-refractivity contribution in [2.24, 2.45) is 5.92 Å². The topological polar surface area (TPSA) is 29.5 Å². The molecule has 0 heterocycles. The van der Waals surface area contributed by atoms with Crippen molar-refractivity contribution in [3.05, 3.63) is 23.8 Å². The van der Waals surface area contributed by atoms with Gasteiger partial charge in [0.25, 0.3) is 0 Å². The van der Waals surface area contributed by atoms with Gasteiger partial charge in [0.1, 0.15) is 5.75 Å². The monoisotopic (exact) mass is 219 g/mol. The van der Waals surface area contributed by atoms with Crippen LogP contribution >= 0.6 is 0 Å². The number of carbonyl (C=O) groups excluding carboxylic acids is 1. The van der Waals surface area contributed by atoms with Gasteiger partial charge in [-0.05, 0) is 30.9 Å². The lowest BCUT2D eigenvalue weighted by Crippen LogP contribution is -2.11. The van der Waals surface area contributed by atoms with Crippen molar-refractivity contribution >= 4 is 12.0 Å². The van der Waals surface area contributed by atoms with Crippen LogP contribution in [0.1, 0.15) is 23.2 Å². The van der Waals surface area contributed by atoms with Gasteiger partial charge in [0, 0.05) is 25.7 Å². The van der Waals surface area contributed by atoms with Crippen LogP contribution in [0.4, 0.5) is 5.69 Å². The minimum absolute atomic E-state index is 0.698. The molecule has 1 saturated carbocycles. The second-order valence-electron chi connectivity index (χ2n) is 4.49. The molecule has 86 valence electrons. The summed E-state index contributed by atoms with van der Waals surface area (Å²) >= 11 is 0. The van der Waals surface area contributed by atoms with Crippen LogP contribution < -0.4 is 9.64 Å². The number of benzene rings is 1. The van der Waals surface area contributed by atoms with Crippen LogP contribution in [-0.2, 0) is 0 Å². The Balaban J connectivity index is 2.12. The number of rotatable bonds is 5. The maximum absolute atomic E-state index is 10.9. The Labute approximate surface area is 96.0 Å². The summed E-state index contributed by atoms with van der Waals surface area (Å²) in [5.74, 6) is 1.59. The van der Waals surface area contributed by atoms with Gasteiger partial charge in [-0.1, -0.05) is 0 Å². The van der Waals surface area contributed by atoms with Crippen LogP contribution in [0, 0.1) is 5.92 Å². The minimum atomic E-state index is 0.698. The molecular formula is C13H17NO2. The van der Waals surface area contributed by atoms with Gasteiger partial charge in [0.2, 0.25) is 0 Å². The van der Waals surface area contributed by atoms with Crippen molar-refractivity contribution in [2.45, 2.75) is 12.8 Å². The highest BCUT2D eigenvalue weighted by atomic mass is 16.5. The average molecular weight is 219 g/mol. The van der Waals surface area contributed by atoms with Crippen molar-refractivity contribution in [3.8, 4) is 5.75 Å². The zero-order valence-electron chi connectivity index (χ0n) is 9.77. The van der Waals surface area contributed by atoms with Gasteiger partial charge in [-0.3, -0.25) is 4.79 Å². The van der Waals surface area contributed by atoms with Crippen LogP contribution in [-0.4, -0.2) is 27.0 Å². The van der Waals surface area contributed by atoms with E-state index >= 15 is 0 Å². The highest BCUT2D eigenvalue weighted by Crippen LogP contribution is 2.30. The van der Waals surface area contributed by atoms with Crippen LogP contribution in [0.2, 0.25) is 0 Å². The van der Waals surface area contributed by atoms with E-state index < -0.39 is 0 Å². The lowest BCUT2D eigenvalue weighted by atomic mass is 10.2. The second kappa shape index (κ2) is 4.56. The first-order chi connectivity index (χ1) is 7.70. The predicted molar refractivity (Wildman–Crippen MR) is 64.4 cm³/mol. The van der Waals surface area contributed by atoms with Crippen LogP contribution in [0.3, 0.4) is 0 Å². The standard InChI is InChI=1S/C13H17NO2/c1-14(2)13-7-12(6-5-11(13)8-15)16-9-10-3-4-10/h5-8,10H,3-4,9H2,1-2H3. The summed E-state index contributed by atoms with van der Waals surface area (Å²) in [6, 6.07) is 5.59. The second-order valence-corrected chi connectivity index (χ2v) is 4.49. The molecule has 0 unspecified atom stereocenters. The smallest absolute Gasteiger partial charge is 0.152 e. The number of nitrogens with zero attached hydrogens (tertiary/aromatic N) is 1. The number of aldehydes is 1. The molecule has 16 heavy (non-hydrogen) atoms. The summed E-state index contributed by atoms with van der Waals surface area (Å²) in [7, 11) is 3.85. The van der Waals surface area contributed by atoms with E-state index in [1.807, 2.05) is 37.2 Å². The summed E-state index contributed by atoms with van der Waals surface area (Å²) in [5.41, 5.74) is 1.60. The van der Waals surface area contributed by atoms with Gasteiger partial charge in [0.15, 0.2) is 6.29 Å². The third-order valence-electron chi connectivity index (χ3n) is 2.79. The zero-order chi connectivity index (χ0) is 11.5. The lowest BCUT2D eigenvalue weighted by Gasteiger charge is -2.16. The Morgan fingerprint density at radius 3 is 2.75 bits per heavy atom. The third-order valence-corrected chi connectivity index (χ3v) is 2.79. The fourth-order valence-electron chi connectivity index (χ4n) is 1.60. The Morgan fingerprint density at radius 1 is 1.44 bits per heavy atom. The summed E-state index contributed by atoms with van der Waals surface area (Å²) in [5, 5.41) is 0. The summed E-state index contributed by atoms with van der Waals surface area (Å²) in [6.45, 7) is 0.799. The van der Waals surface area contributed by atoms with Gasteiger partial charge in [-0.15, -0.1) is 0 Å². The fourth-order valence-corrected chi connectivity index (χ4v) is 1.60. The average Bonchev–Trinajstić information content (AvgIpc) is 3.09. The first-order valence-corrected chi connectivity index (χ1v) is 5.60. The van der Waals surface area contributed by atoms with Crippen molar-refractivity contribution in [1.29, 1.82) is 0 Å². The molecule has 0 N–H and O–H groups in total. The first kappa shape index (κ1) is 11.0. The van der Waals surface area contributed by atoms with Gasteiger partial charge in [0.05, 0.1) is 12.3 Å². The maximum Gasteiger partial charge on any atom is 0.152 e. The third kappa shape index (κ3) is 2.54. The molecule has 0 amide bonds. The Bertz CT molecular complexity index is 384. The molecule has 1 aliphatic rings. The van der Waals surface area contributed by atoms with Gasteiger partial charge in [-0.25, -0.2) is 0 Å². The van der Waals surface area contributed by atoms with E-state index in [0.717, 1.165) is 30.2 Å². The highest BCUT2D eigenvalue weighted by Gasteiger charge is 2.22. The Morgan fingerprint density at radius 2 is 2.19 bits per heavy atom. The minimum Gasteiger partial charge on any atom is -0.493 e. The zero-order valence-corrected chi connectivity index (χ0v) is 9.77. The van der Waals surface area contributed by atoms with Gasteiger partial charge >= 0.3 is 0 Å². The number of anilines is 1. The van der Waals surface area contributed by atoms with Crippen molar-refractivity contribution in [1.82, 2.24) is 0 Å². The molecular weight excluding hydrogens is 202 g/mol. The highest BCUT2D eigenvalue weighted by molar-refractivity contribution is 5.85. The summed E-state index contributed by atoms with van der Waals surface area (Å²) < 4.78 is 5.68.